The topological polar surface area (TPSA) is 51.2 Å². The second-order valence-corrected chi connectivity index (χ2v) is 5.99. The van der Waals surface area contributed by atoms with Gasteiger partial charge in [-0.2, -0.15) is 0 Å². The number of benzene rings is 1. The highest BCUT2D eigenvalue weighted by Crippen LogP contribution is 2.26. The van der Waals surface area contributed by atoms with Crippen LogP contribution in [0.5, 0.6) is 5.75 Å². The fraction of sp³-hybridized carbons (Fsp3) is 0.143. The fourth-order valence-electron chi connectivity index (χ4n) is 1.55. The number of anilines is 1. The second kappa shape index (κ2) is 7.03. The molecule has 20 heavy (non-hydrogen) atoms. The van der Waals surface area contributed by atoms with Gasteiger partial charge in [0.2, 0.25) is 0 Å². The zero-order valence-electron chi connectivity index (χ0n) is 10.7. The van der Waals surface area contributed by atoms with Gasteiger partial charge in [0.25, 0.3) is 5.91 Å². The number of rotatable bonds is 4. The maximum Gasteiger partial charge on any atom is 0.256 e. The van der Waals surface area contributed by atoms with E-state index in [0.29, 0.717) is 18.0 Å². The van der Waals surface area contributed by atoms with Gasteiger partial charge in [0.15, 0.2) is 0 Å². The zero-order valence-corrected chi connectivity index (χ0v) is 14.4. The van der Waals surface area contributed by atoms with Crippen LogP contribution in [-0.4, -0.2) is 17.5 Å². The molecule has 1 aromatic heterocycles. The lowest BCUT2D eigenvalue weighted by molar-refractivity contribution is 0.102. The van der Waals surface area contributed by atoms with Crippen LogP contribution in [0.1, 0.15) is 17.3 Å². The highest BCUT2D eigenvalue weighted by Gasteiger charge is 2.10. The van der Waals surface area contributed by atoms with E-state index in [-0.39, 0.29) is 5.91 Å². The van der Waals surface area contributed by atoms with Crippen molar-refractivity contribution in [2.75, 3.05) is 11.9 Å². The summed E-state index contributed by atoms with van der Waals surface area (Å²) in [7, 11) is 0. The van der Waals surface area contributed by atoms with Crippen LogP contribution < -0.4 is 10.1 Å². The van der Waals surface area contributed by atoms with E-state index in [1.54, 1.807) is 30.5 Å². The first-order chi connectivity index (χ1) is 9.60. The van der Waals surface area contributed by atoms with E-state index in [2.05, 4.69) is 48.8 Å². The highest BCUT2D eigenvalue weighted by molar-refractivity contribution is 14.1. The Labute approximate surface area is 139 Å². The molecule has 0 unspecified atom stereocenters. The molecule has 1 N–H and O–H groups in total. The SMILES string of the molecule is CCOc1ccc(C(=O)Nc2ccc(I)cn2)cc1Br. The summed E-state index contributed by atoms with van der Waals surface area (Å²) in [5, 5.41) is 2.75. The quantitative estimate of drug-likeness (QED) is 0.719. The van der Waals surface area contributed by atoms with E-state index in [0.717, 1.165) is 13.8 Å². The van der Waals surface area contributed by atoms with Gasteiger partial charge in [-0.3, -0.25) is 4.79 Å². The van der Waals surface area contributed by atoms with Crippen LogP contribution in [0, 0.1) is 3.57 Å². The molecule has 0 saturated heterocycles. The summed E-state index contributed by atoms with van der Waals surface area (Å²) in [5.74, 6) is 1.04. The van der Waals surface area contributed by atoms with Gasteiger partial charge in [0, 0.05) is 15.3 Å². The third-order valence-electron chi connectivity index (χ3n) is 2.46. The molecule has 1 amide bonds. The number of carbonyl (C=O) groups is 1. The normalized spacial score (nSPS) is 10.2. The Balaban J connectivity index is 2.13. The fourth-order valence-corrected chi connectivity index (χ4v) is 2.37. The van der Waals surface area contributed by atoms with E-state index in [1.165, 1.54) is 0 Å². The number of amides is 1. The van der Waals surface area contributed by atoms with Crippen LogP contribution in [0.2, 0.25) is 0 Å². The smallest absolute Gasteiger partial charge is 0.256 e. The Morgan fingerprint density at radius 1 is 1.40 bits per heavy atom. The number of carbonyl (C=O) groups excluding carboxylic acids is 1. The van der Waals surface area contributed by atoms with Crippen molar-refractivity contribution in [3.8, 4) is 5.75 Å². The van der Waals surface area contributed by atoms with E-state index >= 15 is 0 Å². The molecule has 1 aromatic carbocycles. The van der Waals surface area contributed by atoms with Crippen LogP contribution in [0.25, 0.3) is 0 Å². The van der Waals surface area contributed by atoms with Crippen LogP contribution in [0.3, 0.4) is 0 Å². The van der Waals surface area contributed by atoms with E-state index in [1.807, 2.05) is 13.0 Å². The van der Waals surface area contributed by atoms with Crippen molar-refractivity contribution in [1.82, 2.24) is 4.98 Å². The molecule has 2 rings (SSSR count). The van der Waals surface area contributed by atoms with Gasteiger partial charge >= 0.3 is 0 Å². The van der Waals surface area contributed by atoms with Crippen LogP contribution in [0.15, 0.2) is 41.0 Å². The summed E-state index contributed by atoms with van der Waals surface area (Å²) in [6, 6.07) is 8.87. The Bertz CT molecular complexity index is 617. The third-order valence-corrected chi connectivity index (χ3v) is 3.72. The molecular weight excluding hydrogens is 435 g/mol. The molecule has 6 heteroatoms. The standard InChI is InChI=1S/C14H12BrIN2O2/c1-2-20-12-5-3-9(7-11(12)15)14(19)18-13-6-4-10(16)8-17-13/h3-8H,2H2,1H3,(H,17,18,19). The summed E-state index contributed by atoms with van der Waals surface area (Å²) in [4.78, 5) is 16.2. The van der Waals surface area contributed by atoms with Gasteiger partial charge in [-0.05, 0) is 75.8 Å². The number of pyridine rings is 1. The second-order valence-electron chi connectivity index (χ2n) is 3.89. The first-order valence-electron chi connectivity index (χ1n) is 5.95. The van der Waals surface area contributed by atoms with E-state index in [4.69, 9.17) is 4.74 Å². The summed E-state index contributed by atoms with van der Waals surface area (Å²) >= 11 is 5.55. The number of hydrogen-bond acceptors (Lipinski definition) is 3. The highest BCUT2D eigenvalue weighted by atomic mass is 127. The number of aromatic nitrogens is 1. The Morgan fingerprint density at radius 2 is 2.20 bits per heavy atom. The van der Waals surface area contributed by atoms with Gasteiger partial charge in [0.1, 0.15) is 11.6 Å². The predicted octanol–water partition coefficient (Wildman–Crippen LogP) is 4.10. The van der Waals surface area contributed by atoms with E-state index < -0.39 is 0 Å². The Hall–Kier alpha value is -1.15. The molecule has 0 aliphatic rings. The van der Waals surface area contributed by atoms with Gasteiger partial charge in [-0.15, -0.1) is 0 Å². The molecule has 4 nitrogen and oxygen atoms in total. The zero-order chi connectivity index (χ0) is 14.5. The molecule has 0 aliphatic heterocycles. The average Bonchev–Trinajstić information content (AvgIpc) is 2.44. The van der Waals surface area contributed by atoms with Gasteiger partial charge < -0.3 is 10.1 Å². The molecule has 0 radical (unpaired) electrons. The van der Waals surface area contributed by atoms with Crippen molar-refractivity contribution in [2.45, 2.75) is 6.92 Å². The van der Waals surface area contributed by atoms with Crippen LogP contribution in [0.4, 0.5) is 5.82 Å². The lowest BCUT2D eigenvalue weighted by Crippen LogP contribution is -2.13. The monoisotopic (exact) mass is 446 g/mol. The molecule has 0 spiro atoms. The molecule has 104 valence electrons. The minimum absolute atomic E-state index is 0.206. The van der Waals surface area contributed by atoms with Crippen molar-refractivity contribution in [3.63, 3.8) is 0 Å². The summed E-state index contributed by atoms with van der Waals surface area (Å²) in [6.45, 7) is 2.49. The predicted molar refractivity (Wildman–Crippen MR) is 90.2 cm³/mol. The Kier molecular flexibility index (Phi) is 5.36. The minimum Gasteiger partial charge on any atom is -0.493 e. The Morgan fingerprint density at radius 3 is 2.80 bits per heavy atom. The maximum atomic E-state index is 12.1. The molecule has 0 fully saturated rings. The van der Waals surface area contributed by atoms with Gasteiger partial charge in [-0.25, -0.2) is 4.98 Å². The minimum atomic E-state index is -0.206. The molecule has 0 bridgehead atoms. The van der Waals surface area contributed by atoms with Crippen molar-refractivity contribution >= 4 is 50.2 Å². The molecule has 0 aliphatic carbocycles. The maximum absolute atomic E-state index is 12.1. The summed E-state index contributed by atoms with van der Waals surface area (Å²) in [6.07, 6.45) is 1.70. The average molecular weight is 447 g/mol. The molecule has 2 aromatic rings. The first-order valence-corrected chi connectivity index (χ1v) is 7.82. The number of ether oxygens (including phenoxy) is 1. The van der Waals surface area contributed by atoms with Gasteiger partial charge in [0.05, 0.1) is 11.1 Å². The largest absolute Gasteiger partial charge is 0.493 e. The number of nitrogens with zero attached hydrogens (tertiary/aromatic N) is 1. The third kappa shape index (κ3) is 3.92. The van der Waals surface area contributed by atoms with Crippen molar-refractivity contribution < 1.29 is 9.53 Å². The summed E-state index contributed by atoms with van der Waals surface area (Å²) in [5.41, 5.74) is 0.542. The number of hydrogen-bond donors (Lipinski definition) is 1. The molecule has 0 atom stereocenters. The number of halogens is 2. The molecule has 0 saturated carbocycles. The van der Waals surface area contributed by atoms with Crippen molar-refractivity contribution in [3.05, 3.63) is 50.1 Å². The van der Waals surface area contributed by atoms with Crippen molar-refractivity contribution in [2.24, 2.45) is 0 Å². The first kappa shape index (κ1) is 15.2. The van der Waals surface area contributed by atoms with Crippen LogP contribution >= 0.6 is 38.5 Å². The van der Waals surface area contributed by atoms with Gasteiger partial charge in [-0.1, -0.05) is 0 Å². The number of nitrogens with one attached hydrogen (secondary N) is 1. The molecule has 1 heterocycles. The lowest BCUT2D eigenvalue weighted by atomic mass is 10.2. The lowest BCUT2D eigenvalue weighted by Gasteiger charge is -2.08. The molecular formula is C14H12BrIN2O2. The summed E-state index contributed by atoms with van der Waals surface area (Å²) < 4.78 is 7.18. The van der Waals surface area contributed by atoms with E-state index in [9.17, 15) is 4.79 Å². The van der Waals surface area contributed by atoms with Crippen LogP contribution in [-0.2, 0) is 0 Å². The van der Waals surface area contributed by atoms with Crippen molar-refractivity contribution in [1.29, 1.82) is 0 Å².